The molecule has 0 aromatic carbocycles. The largest absolute Gasteiger partial charge is 0.460 e. The molecule has 5 nitrogen and oxygen atoms in total. The zero-order valence-electron chi connectivity index (χ0n) is 11.7. The number of aromatic nitrogens is 2. The fourth-order valence-electron chi connectivity index (χ4n) is 1.47. The zero-order valence-corrected chi connectivity index (χ0v) is 12.5. The van der Waals surface area contributed by atoms with Crippen molar-refractivity contribution in [2.45, 2.75) is 52.2 Å². The Balaban J connectivity index is 2.36. The highest BCUT2D eigenvalue weighted by Crippen LogP contribution is 2.12. The SMILES string of the molecule is C[C@@H](CCC(=O)OC(C)(C)C)Nc1ccnc(Cl)n1. The van der Waals surface area contributed by atoms with E-state index in [-0.39, 0.29) is 17.3 Å². The highest BCUT2D eigenvalue weighted by atomic mass is 35.5. The molecule has 1 N–H and O–H groups in total. The summed E-state index contributed by atoms with van der Waals surface area (Å²) in [6, 6.07) is 1.83. The molecule has 0 aliphatic carbocycles. The number of ether oxygens (including phenoxy) is 1. The predicted molar refractivity (Wildman–Crippen MR) is 75.2 cm³/mol. The van der Waals surface area contributed by atoms with Crippen LogP contribution in [0.4, 0.5) is 5.82 Å². The van der Waals surface area contributed by atoms with E-state index in [0.717, 1.165) is 0 Å². The van der Waals surface area contributed by atoms with Crippen LogP contribution in [-0.4, -0.2) is 27.6 Å². The zero-order chi connectivity index (χ0) is 14.5. The summed E-state index contributed by atoms with van der Waals surface area (Å²) < 4.78 is 5.24. The maximum atomic E-state index is 11.6. The number of carbonyl (C=O) groups is 1. The topological polar surface area (TPSA) is 64.1 Å². The van der Waals surface area contributed by atoms with Gasteiger partial charge in [-0.05, 0) is 51.8 Å². The van der Waals surface area contributed by atoms with Crippen LogP contribution in [0.25, 0.3) is 0 Å². The molecule has 0 fully saturated rings. The monoisotopic (exact) mass is 285 g/mol. The van der Waals surface area contributed by atoms with E-state index in [1.807, 2.05) is 27.7 Å². The Morgan fingerprint density at radius 1 is 1.53 bits per heavy atom. The van der Waals surface area contributed by atoms with E-state index in [4.69, 9.17) is 16.3 Å². The van der Waals surface area contributed by atoms with Gasteiger partial charge in [0.1, 0.15) is 11.4 Å². The Hall–Kier alpha value is -1.36. The molecule has 1 atom stereocenters. The molecule has 106 valence electrons. The minimum absolute atomic E-state index is 0.0958. The van der Waals surface area contributed by atoms with E-state index in [2.05, 4.69) is 15.3 Å². The number of rotatable bonds is 5. The molecule has 19 heavy (non-hydrogen) atoms. The van der Waals surface area contributed by atoms with Gasteiger partial charge < -0.3 is 10.1 Å². The molecule has 1 aromatic rings. The van der Waals surface area contributed by atoms with Gasteiger partial charge in [-0.2, -0.15) is 0 Å². The molecule has 0 unspecified atom stereocenters. The third-order valence-electron chi connectivity index (χ3n) is 2.22. The van der Waals surface area contributed by atoms with Crippen LogP contribution in [-0.2, 0) is 9.53 Å². The van der Waals surface area contributed by atoms with Crippen molar-refractivity contribution >= 4 is 23.4 Å². The van der Waals surface area contributed by atoms with Crippen LogP contribution in [0, 0.1) is 0 Å². The molecule has 0 saturated carbocycles. The average Bonchev–Trinajstić information content (AvgIpc) is 2.24. The van der Waals surface area contributed by atoms with Gasteiger partial charge in [0.05, 0.1) is 0 Å². The molecular weight excluding hydrogens is 266 g/mol. The summed E-state index contributed by atoms with van der Waals surface area (Å²) in [5.74, 6) is 0.457. The quantitative estimate of drug-likeness (QED) is 0.665. The van der Waals surface area contributed by atoms with E-state index >= 15 is 0 Å². The second-order valence-electron chi connectivity index (χ2n) is 5.38. The van der Waals surface area contributed by atoms with Crippen molar-refractivity contribution in [1.82, 2.24) is 9.97 Å². The number of halogens is 1. The number of carbonyl (C=O) groups excluding carboxylic acids is 1. The third kappa shape index (κ3) is 6.96. The maximum Gasteiger partial charge on any atom is 0.306 e. The lowest BCUT2D eigenvalue weighted by atomic mass is 10.1. The first-order valence-electron chi connectivity index (χ1n) is 6.23. The van der Waals surface area contributed by atoms with Gasteiger partial charge in [-0.25, -0.2) is 9.97 Å². The molecule has 6 heteroatoms. The summed E-state index contributed by atoms with van der Waals surface area (Å²) in [6.45, 7) is 7.54. The molecule has 0 radical (unpaired) electrons. The average molecular weight is 286 g/mol. The van der Waals surface area contributed by atoms with E-state index < -0.39 is 5.60 Å². The number of nitrogens with zero attached hydrogens (tertiary/aromatic N) is 2. The molecule has 0 amide bonds. The maximum absolute atomic E-state index is 11.6. The van der Waals surface area contributed by atoms with Crippen LogP contribution >= 0.6 is 11.6 Å². The summed E-state index contributed by atoms with van der Waals surface area (Å²) in [6.07, 6.45) is 2.61. The summed E-state index contributed by atoms with van der Waals surface area (Å²) in [7, 11) is 0. The molecule has 1 aromatic heterocycles. The first-order chi connectivity index (χ1) is 8.76. The van der Waals surface area contributed by atoms with Gasteiger partial charge in [-0.3, -0.25) is 4.79 Å². The Bertz CT molecular complexity index is 432. The lowest BCUT2D eigenvalue weighted by Crippen LogP contribution is -2.25. The predicted octanol–water partition coefficient (Wildman–Crippen LogP) is 3.05. The number of hydrogen-bond acceptors (Lipinski definition) is 5. The van der Waals surface area contributed by atoms with Crippen molar-refractivity contribution in [2.24, 2.45) is 0 Å². The molecule has 0 bridgehead atoms. The molecule has 1 rings (SSSR count). The molecule has 0 spiro atoms. The van der Waals surface area contributed by atoms with E-state index in [0.29, 0.717) is 18.7 Å². The summed E-state index contributed by atoms with van der Waals surface area (Å²) in [4.78, 5) is 19.4. The minimum atomic E-state index is -0.437. The van der Waals surface area contributed by atoms with Crippen molar-refractivity contribution in [1.29, 1.82) is 0 Å². The summed E-state index contributed by atoms with van der Waals surface area (Å²) >= 11 is 5.69. The molecule has 0 saturated heterocycles. The lowest BCUT2D eigenvalue weighted by Gasteiger charge is -2.20. The van der Waals surface area contributed by atoms with Crippen molar-refractivity contribution in [3.05, 3.63) is 17.5 Å². The number of anilines is 1. The van der Waals surface area contributed by atoms with Crippen molar-refractivity contribution in [3.63, 3.8) is 0 Å². The van der Waals surface area contributed by atoms with Crippen LogP contribution < -0.4 is 5.32 Å². The van der Waals surface area contributed by atoms with Crippen LogP contribution in [0.1, 0.15) is 40.5 Å². The normalized spacial score (nSPS) is 12.9. The Morgan fingerprint density at radius 3 is 2.79 bits per heavy atom. The molecule has 0 aliphatic rings. The number of hydrogen-bond donors (Lipinski definition) is 1. The lowest BCUT2D eigenvalue weighted by molar-refractivity contribution is -0.154. The van der Waals surface area contributed by atoms with Gasteiger partial charge in [-0.1, -0.05) is 0 Å². The van der Waals surface area contributed by atoms with Crippen molar-refractivity contribution < 1.29 is 9.53 Å². The fraction of sp³-hybridized carbons (Fsp3) is 0.615. The van der Waals surface area contributed by atoms with Crippen LogP contribution in [0.15, 0.2) is 12.3 Å². The second-order valence-corrected chi connectivity index (χ2v) is 5.72. The van der Waals surface area contributed by atoms with Gasteiger partial charge in [0.25, 0.3) is 0 Å². The number of nitrogens with one attached hydrogen (secondary N) is 1. The van der Waals surface area contributed by atoms with Gasteiger partial charge in [0.15, 0.2) is 0 Å². The van der Waals surface area contributed by atoms with E-state index in [1.165, 1.54) is 0 Å². The van der Waals surface area contributed by atoms with Crippen molar-refractivity contribution in [2.75, 3.05) is 5.32 Å². The van der Waals surface area contributed by atoms with Gasteiger partial charge in [0, 0.05) is 18.7 Å². The first kappa shape index (κ1) is 15.7. The summed E-state index contributed by atoms with van der Waals surface area (Å²) in [5, 5.41) is 3.36. The van der Waals surface area contributed by atoms with E-state index in [1.54, 1.807) is 12.3 Å². The number of esters is 1. The Labute approximate surface area is 118 Å². The third-order valence-corrected chi connectivity index (χ3v) is 2.40. The molecule has 0 aliphatic heterocycles. The van der Waals surface area contributed by atoms with Crippen LogP contribution in [0.3, 0.4) is 0 Å². The highest BCUT2D eigenvalue weighted by molar-refractivity contribution is 6.28. The smallest absolute Gasteiger partial charge is 0.306 e. The first-order valence-corrected chi connectivity index (χ1v) is 6.61. The van der Waals surface area contributed by atoms with Gasteiger partial charge >= 0.3 is 5.97 Å². The Morgan fingerprint density at radius 2 is 2.21 bits per heavy atom. The molecular formula is C13H20ClN3O2. The summed E-state index contributed by atoms with van der Waals surface area (Å²) in [5.41, 5.74) is -0.437. The minimum Gasteiger partial charge on any atom is -0.460 e. The van der Waals surface area contributed by atoms with Crippen molar-refractivity contribution in [3.8, 4) is 0 Å². The Kier molecular flexibility index (Phi) is 5.54. The van der Waals surface area contributed by atoms with Gasteiger partial charge in [0.2, 0.25) is 5.28 Å². The fourth-order valence-corrected chi connectivity index (χ4v) is 1.61. The molecule has 1 heterocycles. The second kappa shape index (κ2) is 6.70. The van der Waals surface area contributed by atoms with Crippen LogP contribution in [0.2, 0.25) is 5.28 Å². The van der Waals surface area contributed by atoms with Gasteiger partial charge in [-0.15, -0.1) is 0 Å². The highest BCUT2D eigenvalue weighted by Gasteiger charge is 2.16. The van der Waals surface area contributed by atoms with Crippen LogP contribution in [0.5, 0.6) is 0 Å². The van der Waals surface area contributed by atoms with E-state index in [9.17, 15) is 4.79 Å². The standard InChI is InChI=1S/C13H20ClN3O2/c1-9(5-6-11(18)19-13(2,3)4)16-10-7-8-15-12(14)17-10/h7-9H,5-6H2,1-4H3,(H,15,16,17)/t9-/m0/s1.